The van der Waals surface area contributed by atoms with Crippen molar-refractivity contribution in [2.24, 2.45) is 5.73 Å². The lowest BCUT2D eigenvalue weighted by atomic mass is 9.91. The number of pyridine rings is 1. The lowest BCUT2D eigenvalue weighted by Gasteiger charge is -2.29. The number of carbonyl (C=O) groups is 2. The van der Waals surface area contributed by atoms with Crippen molar-refractivity contribution < 1.29 is 29.3 Å². The van der Waals surface area contributed by atoms with Crippen molar-refractivity contribution in [1.29, 1.82) is 0 Å². The first-order chi connectivity index (χ1) is 27.3. The van der Waals surface area contributed by atoms with Crippen molar-refractivity contribution in [2.75, 3.05) is 67.6 Å². The number of morpholine rings is 1. The zero-order valence-corrected chi connectivity index (χ0v) is 31.1. The van der Waals surface area contributed by atoms with Crippen LogP contribution in [0.15, 0.2) is 79.1 Å². The highest BCUT2D eigenvalue weighted by Crippen LogP contribution is 2.36. The van der Waals surface area contributed by atoms with Gasteiger partial charge in [0, 0.05) is 51.1 Å². The topological polar surface area (TPSA) is 206 Å². The minimum atomic E-state index is -1.47. The molecule has 0 bridgehead atoms. The standard InChI is InChI=1S/C40H46N10O6/c1-2-42-38(54)34-32(51)33(52)39(56-34)50-23-44-31-36(43-21-28(24-9-5-3-6-10-24)25-11-7-4-8-12-25)46-40(47-37(31)50)49-16-15-26(22-49)30-27(35(41)53)13-14-29(45-30)48-17-19-55-20-18-48/h3-14,23,26,28,32-34,39,51-52H,2,15-22H2,1H3,(H2,41,53)(H,42,54)(H,43,46,47)/t26-,32+,33-,34+,39-/m1/s1. The zero-order chi connectivity index (χ0) is 38.8. The van der Waals surface area contributed by atoms with E-state index in [4.69, 9.17) is 30.2 Å². The lowest BCUT2D eigenvalue weighted by Crippen LogP contribution is -2.42. The molecule has 2 amide bonds. The first-order valence-electron chi connectivity index (χ1n) is 19.1. The number of hydrogen-bond donors (Lipinski definition) is 5. The Balaban J connectivity index is 1.15. The van der Waals surface area contributed by atoms with Gasteiger partial charge in [0.2, 0.25) is 5.95 Å². The van der Waals surface area contributed by atoms with Gasteiger partial charge in [0.1, 0.15) is 18.0 Å². The molecule has 5 aromatic rings. The number of aliphatic hydroxyl groups is 2. The van der Waals surface area contributed by atoms with Gasteiger partial charge in [-0.15, -0.1) is 0 Å². The van der Waals surface area contributed by atoms with E-state index in [9.17, 15) is 19.8 Å². The van der Waals surface area contributed by atoms with E-state index in [0.29, 0.717) is 93.1 Å². The third-order valence-electron chi connectivity index (χ3n) is 10.8. The molecule has 16 nitrogen and oxygen atoms in total. The monoisotopic (exact) mass is 762 g/mol. The highest BCUT2D eigenvalue weighted by Gasteiger charge is 2.48. The molecule has 56 heavy (non-hydrogen) atoms. The summed E-state index contributed by atoms with van der Waals surface area (Å²) in [5, 5.41) is 28.3. The van der Waals surface area contributed by atoms with Crippen LogP contribution in [0.25, 0.3) is 11.2 Å². The van der Waals surface area contributed by atoms with Crippen LogP contribution in [0.3, 0.4) is 0 Å². The summed E-state index contributed by atoms with van der Waals surface area (Å²) < 4.78 is 13.1. The number of benzene rings is 2. The molecule has 5 atom stereocenters. The Morgan fingerprint density at radius 1 is 0.911 bits per heavy atom. The predicted octanol–water partition coefficient (Wildman–Crippen LogP) is 2.15. The van der Waals surface area contributed by atoms with Crippen molar-refractivity contribution in [2.45, 2.75) is 49.7 Å². The highest BCUT2D eigenvalue weighted by atomic mass is 16.6. The van der Waals surface area contributed by atoms with Gasteiger partial charge in [0.05, 0.1) is 30.8 Å². The minimum absolute atomic E-state index is 0.0332. The third kappa shape index (κ3) is 7.35. The van der Waals surface area contributed by atoms with Crippen LogP contribution >= 0.6 is 0 Å². The quantitative estimate of drug-likeness (QED) is 0.124. The Labute approximate surface area is 323 Å². The number of anilines is 3. The Bertz CT molecular complexity index is 2130. The maximum atomic E-state index is 12.8. The van der Waals surface area contributed by atoms with E-state index in [1.165, 1.54) is 10.9 Å². The summed E-state index contributed by atoms with van der Waals surface area (Å²) in [4.78, 5) is 49.2. The first-order valence-corrected chi connectivity index (χ1v) is 19.1. The first kappa shape index (κ1) is 37.3. The summed E-state index contributed by atoms with van der Waals surface area (Å²) >= 11 is 0. The van der Waals surface area contributed by atoms with E-state index in [1.54, 1.807) is 13.0 Å². The Morgan fingerprint density at radius 2 is 1.62 bits per heavy atom. The average molecular weight is 763 g/mol. The fourth-order valence-electron chi connectivity index (χ4n) is 7.85. The molecule has 3 aliphatic rings. The summed E-state index contributed by atoms with van der Waals surface area (Å²) in [6.07, 6.45) is -3.21. The van der Waals surface area contributed by atoms with Crippen molar-refractivity contribution in [3.05, 3.63) is 102 Å². The number of carbonyl (C=O) groups excluding carboxylic acids is 2. The van der Waals surface area contributed by atoms with Crippen molar-refractivity contribution in [3.63, 3.8) is 0 Å². The van der Waals surface area contributed by atoms with E-state index in [-0.39, 0.29) is 11.8 Å². The normalized spacial score (nSPS) is 22.5. The number of primary amides is 1. The van der Waals surface area contributed by atoms with Crippen LogP contribution in [0.2, 0.25) is 0 Å². The van der Waals surface area contributed by atoms with Gasteiger partial charge < -0.3 is 45.9 Å². The molecule has 6 N–H and O–H groups in total. The predicted molar refractivity (Wildman–Crippen MR) is 209 cm³/mol. The number of hydrogen-bond acceptors (Lipinski definition) is 13. The van der Waals surface area contributed by atoms with Gasteiger partial charge in [-0.1, -0.05) is 60.7 Å². The van der Waals surface area contributed by atoms with Gasteiger partial charge in [-0.3, -0.25) is 14.2 Å². The van der Waals surface area contributed by atoms with Crippen molar-refractivity contribution >= 4 is 40.6 Å². The molecule has 0 aliphatic carbocycles. The van der Waals surface area contributed by atoms with E-state index in [1.807, 2.05) is 47.4 Å². The number of likely N-dealkylation sites (N-methyl/N-ethyl adjacent to an activating group) is 1. The maximum Gasteiger partial charge on any atom is 0.252 e. The van der Waals surface area contributed by atoms with Crippen molar-refractivity contribution in [1.82, 2.24) is 29.8 Å². The number of aliphatic hydroxyl groups excluding tert-OH is 2. The second kappa shape index (κ2) is 16.2. The van der Waals surface area contributed by atoms with E-state index >= 15 is 0 Å². The molecule has 2 aromatic carbocycles. The second-order valence-corrected chi connectivity index (χ2v) is 14.3. The van der Waals surface area contributed by atoms with E-state index in [0.717, 1.165) is 16.9 Å². The fraction of sp³-hybridized carbons (Fsp3) is 0.400. The summed E-state index contributed by atoms with van der Waals surface area (Å²) in [6.45, 7) is 6.18. The van der Waals surface area contributed by atoms with Crippen LogP contribution in [0.4, 0.5) is 17.6 Å². The van der Waals surface area contributed by atoms with E-state index in [2.05, 4.69) is 44.8 Å². The molecular weight excluding hydrogens is 717 g/mol. The smallest absolute Gasteiger partial charge is 0.252 e. The van der Waals surface area contributed by atoms with E-state index < -0.39 is 36.4 Å². The number of nitrogens with one attached hydrogen (secondary N) is 2. The molecule has 8 rings (SSSR count). The molecule has 0 unspecified atom stereocenters. The van der Waals surface area contributed by atoms with Gasteiger partial charge in [-0.05, 0) is 36.6 Å². The number of amides is 2. The Hall–Kier alpha value is -5.68. The molecule has 0 spiro atoms. The fourth-order valence-corrected chi connectivity index (χ4v) is 7.85. The number of rotatable bonds is 12. The molecule has 16 heteroatoms. The molecule has 3 fully saturated rings. The number of aromatic nitrogens is 5. The largest absolute Gasteiger partial charge is 0.387 e. The average Bonchev–Trinajstić information content (AvgIpc) is 3.97. The Kier molecular flexibility index (Phi) is 10.8. The molecule has 3 aliphatic heterocycles. The third-order valence-corrected chi connectivity index (χ3v) is 10.8. The van der Waals surface area contributed by atoms with Gasteiger partial charge in [-0.25, -0.2) is 9.97 Å². The van der Waals surface area contributed by atoms with Gasteiger partial charge in [0.15, 0.2) is 29.3 Å². The minimum Gasteiger partial charge on any atom is -0.387 e. The molecule has 6 heterocycles. The van der Waals surface area contributed by atoms with Crippen molar-refractivity contribution in [3.8, 4) is 0 Å². The second-order valence-electron chi connectivity index (χ2n) is 14.3. The van der Waals surface area contributed by atoms with Crippen LogP contribution in [0.1, 0.15) is 58.6 Å². The highest BCUT2D eigenvalue weighted by molar-refractivity contribution is 5.94. The summed E-state index contributed by atoms with van der Waals surface area (Å²) in [7, 11) is 0. The molecular formula is C40H46N10O6. The van der Waals surface area contributed by atoms with Gasteiger partial charge in [0.25, 0.3) is 11.8 Å². The number of ether oxygens (including phenoxy) is 2. The molecule has 0 radical (unpaired) electrons. The maximum absolute atomic E-state index is 12.8. The van der Waals surface area contributed by atoms with Crippen LogP contribution < -0.4 is 26.2 Å². The molecule has 3 saturated heterocycles. The van der Waals surface area contributed by atoms with Crippen LogP contribution in [-0.4, -0.2) is 117 Å². The summed E-state index contributed by atoms with van der Waals surface area (Å²) in [5.41, 5.74) is 9.89. The summed E-state index contributed by atoms with van der Waals surface area (Å²) in [5.74, 6) is 0.376. The number of imidazole rings is 1. The molecule has 3 aromatic heterocycles. The number of nitrogens with two attached hydrogens (primary N) is 1. The molecule has 0 saturated carbocycles. The van der Waals surface area contributed by atoms with Gasteiger partial charge in [-0.2, -0.15) is 9.97 Å². The number of fused-ring (bicyclic) bond motifs is 1. The van der Waals surface area contributed by atoms with Crippen LogP contribution in [-0.2, 0) is 14.3 Å². The molecule has 292 valence electrons. The number of nitrogens with zero attached hydrogens (tertiary/aromatic N) is 7. The SMILES string of the molecule is CCNC(=O)[C@H]1O[C@@H](n2cnc3c(NCC(c4ccccc4)c4ccccc4)nc(N4CC[C@@H](c5nc(N6CCOCC6)ccc5C(N)=O)C4)nc32)[C@H](O)[C@@H]1O. The summed E-state index contributed by atoms with van der Waals surface area (Å²) in [6, 6.07) is 24.0. The van der Waals surface area contributed by atoms with Crippen LogP contribution in [0.5, 0.6) is 0 Å². The van der Waals surface area contributed by atoms with Gasteiger partial charge >= 0.3 is 0 Å². The zero-order valence-electron chi connectivity index (χ0n) is 31.1. The Morgan fingerprint density at radius 3 is 2.30 bits per heavy atom. The van der Waals surface area contributed by atoms with Crippen LogP contribution in [0, 0.1) is 0 Å². The lowest BCUT2D eigenvalue weighted by molar-refractivity contribution is -0.137.